The largest absolute Gasteiger partial charge is 0.496 e. The molecule has 0 bridgehead atoms. The van der Waals surface area contributed by atoms with E-state index in [4.69, 9.17) is 9.47 Å². The fourth-order valence-electron chi connectivity index (χ4n) is 4.82. The second kappa shape index (κ2) is 18.2. The van der Waals surface area contributed by atoms with E-state index in [0.717, 1.165) is 59.6 Å². The number of ether oxygens (including phenoxy) is 2. The molecule has 1 aliphatic carbocycles. The summed E-state index contributed by atoms with van der Waals surface area (Å²) in [5.74, 6) is 1.96. The Kier molecular flexibility index (Phi) is 15.8. The zero-order valence-corrected chi connectivity index (χ0v) is 26.7. The maximum Gasteiger partial charge on any atom is 0.407 e. The molecule has 0 unspecified atom stereocenters. The Bertz CT molecular complexity index is 1100. The summed E-state index contributed by atoms with van der Waals surface area (Å²) in [7, 11) is 1.65. The first-order valence-corrected chi connectivity index (χ1v) is 15.0. The molecule has 2 aromatic carbocycles. The van der Waals surface area contributed by atoms with Gasteiger partial charge in [0.25, 0.3) is 0 Å². The number of carbonyl (C=O) groups is 3. The Labute approximate surface area is 247 Å². The van der Waals surface area contributed by atoms with Crippen LogP contribution in [0, 0.1) is 18.8 Å². The van der Waals surface area contributed by atoms with Crippen LogP contribution < -0.4 is 15.4 Å². The van der Waals surface area contributed by atoms with Crippen LogP contribution >= 0.6 is 0 Å². The molecule has 3 rings (SSSR count). The first-order valence-electron chi connectivity index (χ1n) is 15.0. The van der Waals surface area contributed by atoms with Crippen LogP contribution in [-0.4, -0.2) is 31.0 Å². The van der Waals surface area contributed by atoms with Crippen LogP contribution in [0.4, 0.5) is 10.5 Å². The van der Waals surface area contributed by atoms with Gasteiger partial charge in [-0.3, -0.25) is 9.59 Å². The molecule has 0 radical (unpaired) electrons. The molecular formula is C34H52N2O5. The van der Waals surface area contributed by atoms with E-state index >= 15 is 0 Å². The van der Waals surface area contributed by atoms with Crippen molar-refractivity contribution in [2.24, 2.45) is 11.8 Å². The lowest BCUT2D eigenvalue weighted by Crippen LogP contribution is -2.32. The number of amides is 2. The molecule has 0 heterocycles. The van der Waals surface area contributed by atoms with E-state index in [9.17, 15) is 14.4 Å². The monoisotopic (exact) mass is 568 g/mol. The van der Waals surface area contributed by atoms with E-state index in [2.05, 4.69) is 17.6 Å². The Balaban J connectivity index is 0.000000387. The number of methoxy groups -OCH3 is 1. The molecule has 7 heteroatoms. The molecule has 1 aliphatic rings. The van der Waals surface area contributed by atoms with Crippen LogP contribution in [0.3, 0.4) is 0 Å². The molecule has 41 heavy (non-hydrogen) atoms. The number of carbonyl (C=O) groups excluding carboxylic acids is 3. The summed E-state index contributed by atoms with van der Waals surface area (Å²) in [6, 6.07) is 11.3. The molecular weight excluding hydrogens is 516 g/mol. The zero-order valence-electron chi connectivity index (χ0n) is 26.7. The number of nitrogens with one attached hydrogen (secondary N) is 2. The van der Waals surface area contributed by atoms with E-state index in [-0.39, 0.29) is 11.8 Å². The Morgan fingerprint density at radius 2 is 1.68 bits per heavy atom. The minimum Gasteiger partial charge on any atom is -0.496 e. The van der Waals surface area contributed by atoms with Gasteiger partial charge in [-0.2, -0.15) is 0 Å². The highest BCUT2D eigenvalue weighted by Crippen LogP contribution is 2.31. The summed E-state index contributed by atoms with van der Waals surface area (Å²) < 4.78 is 10.5. The SMILES string of the molecule is CC.CCC1CCC(C(=O)Nc2ccc(C)c(OC)c2)CC1.CCc1c(C=O)cccc1CNC(=O)OC(C)(C)C. The molecule has 1 fully saturated rings. The maximum atomic E-state index is 12.3. The second-order valence-electron chi connectivity index (χ2n) is 11.1. The zero-order chi connectivity index (χ0) is 31.0. The average Bonchev–Trinajstić information content (AvgIpc) is 2.97. The van der Waals surface area contributed by atoms with Crippen molar-refractivity contribution in [3.05, 3.63) is 58.7 Å². The number of hydrogen-bond donors (Lipinski definition) is 2. The highest BCUT2D eigenvalue weighted by atomic mass is 16.6. The summed E-state index contributed by atoms with van der Waals surface area (Å²) in [6.45, 7) is 16.0. The molecule has 2 aromatic rings. The van der Waals surface area contributed by atoms with Crippen molar-refractivity contribution in [2.75, 3.05) is 12.4 Å². The van der Waals surface area contributed by atoms with Crippen LogP contribution in [0.5, 0.6) is 5.75 Å². The van der Waals surface area contributed by atoms with Gasteiger partial charge < -0.3 is 20.1 Å². The van der Waals surface area contributed by atoms with Crippen molar-refractivity contribution in [3.8, 4) is 5.75 Å². The van der Waals surface area contributed by atoms with Gasteiger partial charge in [-0.1, -0.05) is 58.4 Å². The Hall–Kier alpha value is -3.35. The van der Waals surface area contributed by atoms with E-state index in [1.165, 1.54) is 19.3 Å². The van der Waals surface area contributed by atoms with Gasteiger partial charge in [-0.25, -0.2) is 4.79 Å². The van der Waals surface area contributed by atoms with E-state index < -0.39 is 11.7 Å². The van der Waals surface area contributed by atoms with Crippen molar-refractivity contribution < 1.29 is 23.9 Å². The number of benzene rings is 2. The summed E-state index contributed by atoms with van der Waals surface area (Å²) in [4.78, 5) is 34.8. The Morgan fingerprint density at radius 1 is 1.02 bits per heavy atom. The van der Waals surface area contributed by atoms with Gasteiger partial charge >= 0.3 is 6.09 Å². The standard InChI is InChI=1S/C17H25NO2.C15H21NO3.C2H6/c1-4-13-6-8-14(9-7-13)17(19)18-15-10-5-12(2)16(11-15)20-3;1-5-13-11(7-6-8-12(13)10-17)9-16-14(18)19-15(2,3)4;1-2/h5,10-11,13-14H,4,6-9H2,1-3H3,(H,18,19);6-8,10H,5,9H2,1-4H3,(H,16,18);1-2H3. The van der Waals surface area contributed by atoms with Crippen LogP contribution in [0.2, 0.25) is 0 Å². The van der Waals surface area contributed by atoms with Crippen molar-refractivity contribution in [1.29, 1.82) is 0 Å². The smallest absolute Gasteiger partial charge is 0.407 e. The molecule has 0 aliphatic heterocycles. The highest BCUT2D eigenvalue weighted by molar-refractivity contribution is 5.92. The minimum atomic E-state index is -0.512. The summed E-state index contributed by atoms with van der Waals surface area (Å²) in [6.07, 6.45) is 6.80. The molecule has 0 spiro atoms. The Morgan fingerprint density at radius 3 is 2.22 bits per heavy atom. The summed E-state index contributed by atoms with van der Waals surface area (Å²) >= 11 is 0. The molecule has 2 amide bonds. The van der Waals surface area contributed by atoms with Gasteiger partial charge in [0.2, 0.25) is 5.91 Å². The summed E-state index contributed by atoms with van der Waals surface area (Å²) in [5, 5.41) is 5.73. The van der Waals surface area contributed by atoms with Gasteiger partial charge in [0.1, 0.15) is 17.6 Å². The van der Waals surface area contributed by atoms with Crippen LogP contribution in [0.1, 0.15) is 108 Å². The number of anilines is 1. The number of aryl methyl sites for hydroxylation is 1. The topological polar surface area (TPSA) is 93.7 Å². The molecule has 2 N–H and O–H groups in total. The lowest BCUT2D eigenvalue weighted by Gasteiger charge is -2.27. The third kappa shape index (κ3) is 12.4. The van der Waals surface area contributed by atoms with E-state index in [0.29, 0.717) is 12.1 Å². The first kappa shape index (κ1) is 35.7. The predicted molar refractivity (Wildman–Crippen MR) is 168 cm³/mol. The number of aldehydes is 1. The predicted octanol–water partition coefficient (Wildman–Crippen LogP) is 8.27. The van der Waals surface area contributed by atoms with Crippen LogP contribution in [0.25, 0.3) is 0 Å². The molecule has 0 atom stereocenters. The number of alkyl carbamates (subject to hydrolysis) is 1. The van der Waals surface area contributed by atoms with E-state index in [1.807, 2.05) is 78.8 Å². The first-order chi connectivity index (χ1) is 19.5. The van der Waals surface area contributed by atoms with Crippen LogP contribution in [0.15, 0.2) is 36.4 Å². The molecule has 0 saturated heterocycles. The van der Waals surface area contributed by atoms with Gasteiger partial charge in [-0.05, 0) is 88.5 Å². The normalized spacial score (nSPS) is 16.1. The van der Waals surface area contributed by atoms with Gasteiger partial charge in [0.15, 0.2) is 0 Å². The molecule has 7 nitrogen and oxygen atoms in total. The minimum absolute atomic E-state index is 0.158. The third-order valence-electron chi connectivity index (χ3n) is 7.08. The quantitative estimate of drug-likeness (QED) is 0.313. The molecule has 1 saturated carbocycles. The van der Waals surface area contributed by atoms with Gasteiger partial charge in [0.05, 0.1) is 7.11 Å². The van der Waals surface area contributed by atoms with E-state index in [1.54, 1.807) is 13.2 Å². The van der Waals surface area contributed by atoms with Gasteiger partial charge in [-0.15, -0.1) is 0 Å². The van der Waals surface area contributed by atoms with Crippen molar-refractivity contribution in [3.63, 3.8) is 0 Å². The maximum absolute atomic E-state index is 12.3. The molecule has 0 aromatic heterocycles. The fourth-order valence-corrected chi connectivity index (χ4v) is 4.82. The van der Waals surface area contributed by atoms with Crippen molar-refractivity contribution >= 4 is 24.0 Å². The fraction of sp³-hybridized carbons (Fsp3) is 0.559. The highest BCUT2D eigenvalue weighted by Gasteiger charge is 2.25. The number of hydrogen-bond acceptors (Lipinski definition) is 5. The lowest BCUT2D eigenvalue weighted by atomic mass is 9.80. The average molecular weight is 569 g/mol. The third-order valence-corrected chi connectivity index (χ3v) is 7.08. The second-order valence-corrected chi connectivity index (χ2v) is 11.1. The number of rotatable bonds is 8. The van der Waals surface area contributed by atoms with Gasteiger partial charge in [0, 0.05) is 29.8 Å². The van der Waals surface area contributed by atoms with Crippen LogP contribution in [-0.2, 0) is 22.5 Å². The lowest BCUT2D eigenvalue weighted by molar-refractivity contribution is -0.121. The summed E-state index contributed by atoms with van der Waals surface area (Å²) in [5.41, 5.74) is 3.98. The van der Waals surface area contributed by atoms with Crippen molar-refractivity contribution in [2.45, 2.75) is 106 Å². The van der Waals surface area contributed by atoms with Crippen molar-refractivity contribution in [1.82, 2.24) is 5.32 Å². The molecule has 228 valence electrons.